The molecule has 2 aliphatic rings. The van der Waals surface area contributed by atoms with E-state index in [1.54, 1.807) is 0 Å². The van der Waals surface area contributed by atoms with Gasteiger partial charge in [-0.1, -0.05) is 24.3 Å². The van der Waals surface area contributed by atoms with E-state index in [1.165, 1.54) is 10.9 Å². The number of rotatable bonds is 5. The Hall–Kier alpha value is -1.43. The van der Waals surface area contributed by atoms with E-state index in [0.717, 1.165) is 0 Å². The van der Waals surface area contributed by atoms with Gasteiger partial charge in [0.05, 0.1) is 0 Å². The first kappa shape index (κ1) is 13.0. The van der Waals surface area contributed by atoms with Gasteiger partial charge in [0.2, 0.25) is 0 Å². The monoisotopic (exact) mass is 236 g/mol. The third-order valence-electron chi connectivity index (χ3n) is 3.29. The first-order valence-corrected chi connectivity index (χ1v) is 6.20. The Morgan fingerprint density at radius 3 is 1.39 bits per heavy atom. The molecule has 2 aliphatic carbocycles. The van der Waals surface area contributed by atoms with E-state index < -0.39 is 0 Å². The average molecular weight is 236 g/mol. The Morgan fingerprint density at radius 2 is 1.17 bits per heavy atom. The van der Waals surface area contributed by atoms with Gasteiger partial charge in [-0.05, 0) is 51.3 Å². The SMILES string of the molecule is CN(C)B(B(C1=C=CC=C1)N(C)C)C1=C=CC=C1. The van der Waals surface area contributed by atoms with Crippen molar-refractivity contribution in [2.75, 3.05) is 28.2 Å². The molecule has 0 aromatic rings. The van der Waals surface area contributed by atoms with Crippen LogP contribution in [-0.4, -0.2) is 51.3 Å². The van der Waals surface area contributed by atoms with Gasteiger partial charge in [-0.3, -0.25) is 0 Å². The summed E-state index contributed by atoms with van der Waals surface area (Å²) < 4.78 is 0. The van der Waals surface area contributed by atoms with E-state index in [9.17, 15) is 0 Å². The van der Waals surface area contributed by atoms with Gasteiger partial charge in [0.25, 0.3) is 13.5 Å². The van der Waals surface area contributed by atoms with Crippen molar-refractivity contribution >= 4 is 13.5 Å². The molecule has 0 radical (unpaired) electrons. The van der Waals surface area contributed by atoms with Gasteiger partial charge >= 0.3 is 0 Å². The van der Waals surface area contributed by atoms with Crippen molar-refractivity contribution in [1.29, 1.82) is 0 Å². The molecule has 0 unspecified atom stereocenters. The van der Waals surface area contributed by atoms with Crippen molar-refractivity contribution in [2.24, 2.45) is 0 Å². The highest BCUT2D eigenvalue weighted by molar-refractivity contribution is 7.26. The summed E-state index contributed by atoms with van der Waals surface area (Å²) >= 11 is 0. The van der Waals surface area contributed by atoms with Crippen LogP contribution < -0.4 is 0 Å². The molecule has 0 heterocycles. The lowest BCUT2D eigenvalue weighted by Gasteiger charge is -2.31. The normalized spacial score (nSPS) is 15.9. The summed E-state index contributed by atoms with van der Waals surface area (Å²) in [6, 6.07) is 0. The molecule has 0 N–H and O–H groups in total. The lowest BCUT2D eigenvalue weighted by Crippen LogP contribution is -2.56. The average Bonchev–Trinajstić information content (AvgIpc) is 2.97. The highest BCUT2D eigenvalue weighted by Gasteiger charge is 2.38. The molecule has 0 spiro atoms. The minimum absolute atomic E-state index is 0.286. The fraction of sp³-hybridized carbons (Fsp3) is 0.286. The van der Waals surface area contributed by atoms with Gasteiger partial charge < -0.3 is 9.62 Å². The van der Waals surface area contributed by atoms with Crippen LogP contribution in [0.15, 0.2) is 58.9 Å². The second-order valence-electron chi connectivity index (χ2n) is 5.07. The van der Waals surface area contributed by atoms with Crippen LogP contribution in [0, 0.1) is 0 Å². The number of nitrogens with zero attached hydrogens (tertiary/aromatic N) is 2. The predicted molar refractivity (Wildman–Crippen MR) is 80.4 cm³/mol. The summed E-state index contributed by atoms with van der Waals surface area (Å²) in [5.74, 6) is 0. The van der Waals surface area contributed by atoms with Gasteiger partial charge in [-0.25, -0.2) is 0 Å². The van der Waals surface area contributed by atoms with E-state index in [4.69, 9.17) is 0 Å². The Morgan fingerprint density at radius 1 is 0.778 bits per heavy atom. The summed E-state index contributed by atoms with van der Waals surface area (Å²) in [5, 5.41) is 0. The molecule has 0 bridgehead atoms. The maximum atomic E-state index is 3.33. The Bertz CT molecular complexity index is 466. The van der Waals surface area contributed by atoms with E-state index in [1.807, 2.05) is 24.3 Å². The second kappa shape index (κ2) is 5.48. The zero-order valence-electron chi connectivity index (χ0n) is 11.5. The second-order valence-corrected chi connectivity index (χ2v) is 5.07. The highest BCUT2D eigenvalue weighted by Crippen LogP contribution is 2.19. The summed E-state index contributed by atoms with van der Waals surface area (Å²) in [4.78, 5) is 4.49. The third kappa shape index (κ3) is 2.53. The van der Waals surface area contributed by atoms with Crippen LogP contribution in [0.1, 0.15) is 0 Å². The first-order chi connectivity index (χ1) is 8.61. The van der Waals surface area contributed by atoms with E-state index in [0.29, 0.717) is 0 Å². The topological polar surface area (TPSA) is 6.48 Å². The van der Waals surface area contributed by atoms with Gasteiger partial charge in [0, 0.05) is 0 Å². The maximum absolute atomic E-state index is 3.33. The molecule has 4 heteroatoms. The smallest absolute Gasteiger partial charge is 0.257 e. The lowest BCUT2D eigenvalue weighted by atomic mass is 9.14. The fourth-order valence-electron chi connectivity index (χ4n) is 2.52. The van der Waals surface area contributed by atoms with Gasteiger partial charge in [-0.15, -0.1) is 11.5 Å². The number of allylic oxidation sites excluding steroid dienone is 6. The minimum atomic E-state index is 0.286. The summed E-state index contributed by atoms with van der Waals surface area (Å²) in [5.41, 5.74) is 9.13. The summed E-state index contributed by atoms with van der Waals surface area (Å²) in [6.45, 7) is 0.572. The van der Waals surface area contributed by atoms with Gasteiger partial charge in [-0.2, -0.15) is 0 Å². The fourth-order valence-corrected chi connectivity index (χ4v) is 2.52. The first-order valence-electron chi connectivity index (χ1n) is 6.20. The standard InChI is InChI=1S/C14H18B2N2/c1-17(2)15(13-9-5-6-10-13)16(18(3)4)14-11-7-8-12-14/h5-9,11H,1-4H3. The molecule has 0 aliphatic heterocycles. The van der Waals surface area contributed by atoms with E-state index in [2.05, 4.69) is 61.4 Å². The van der Waals surface area contributed by atoms with E-state index >= 15 is 0 Å². The molecule has 90 valence electrons. The number of hydrogen-bond acceptors (Lipinski definition) is 2. The Kier molecular flexibility index (Phi) is 3.96. The van der Waals surface area contributed by atoms with E-state index in [-0.39, 0.29) is 13.5 Å². The molecule has 2 nitrogen and oxygen atoms in total. The molecule has 18 heavy (non-hydrogen) atoms. The van der Waals surface area contributed by atoms with Crippen molar-refractivity contribution < 1.29 is 0 Å². The summed E-state index contributed by atoms with van der Waals surface area (Å²) in [6.07, 6.45) is 12.3. The zero-order chi connectivity index (χ0) is 13.1. The molecule has 0 aromatic carbocycles. The maximum Gasteiger partial charge on any atom is 0.257 e. The predicted octanol–water partition coefficient (Wildman–Crippen LogP) is 1.55. The largest absolute Gasteiger partial charge is 0.347 e. The Balaban J connectivity index is 2.38. The molecule has 0 atom stereocenters. The van der Waals surface area contributed by atoms with Crippen molar-refractivity contribution in [2.45, 2.75) is 0 Å². The quantitative estimate of drug-likeness (QED) is 0.527. The molecule has 2 rings (SSSR count). The molecule has 0 aromatic heterocycles. The minimum Gasteiger partial charge on any atom is -0.347 e. The van der Waals surface area contributed by atoms with Crippen molar-refractivity contribution in [3.05, 3.63) is 58.9 Å². The zero-order valence-corrected chi connectivity index (χ0v) is 11.5. The van der Waals surface area contributed by atoms with Crippen LogP contribution in [0.4, 0.5) is 0 Å². The molecular formula is C14H18B2N2. The lowest BCUT2D eigenvalue weighted by molar-refractivity contribution is 0.628. The van der Waals surface area contributed by atoms with Crippen LogP contribution in [0.2, 0.25) is 0 Å². The van der Waals surface area contributed by atoms with Crippen LogP contribution in [-0.2, 0) is 0 Å². The van der Waals surface area contributed by atoms with Crippen molar-refractivity contribution in [1.82, 2.24) is 9.62 Å². The summed E-state index contributed by atoms with van der Waals surface area (Å²) in [7, 11) is 8.46. The highest BCUT2D eigenvalue weighted by atomic mass is 15.0. The van der Waals surface area contributed by atoms with Crippen molar-refractivity contribution in [3.8, 4) is 0 Å². The van der Waals surface area contributed by atoms with Gasteiger partial charge in [0.15, 0.2) is 0 Å². The third-order valence-corrected chi connectivity index (χ3v) is 3.29. The van der Waals surface area contributed by atoms with Crippen molar-refractivity contribution in [3.63, 3.8) is 0 Å². The van der Waals surface area contributed by atoms with Crippen LogP contribution in [0.3, 0.4) is 0 Å². The van der Waals surface area contributed by atoms with Crippen LogP contribution >= 0.6 is 0 Å². The molecule has 0 saturated heterocycles. The van der Waals surface area contributed by atoms with Gasteiger partial charge in [0.1, 0.15) is 0 Å². The molecule has 0 saturated carbocycles. The number of hydrogen-bond donors (Lipinski definition) is 0. The molecular weight excluding hydrogens is 218 g/mol. The molecule has 0 fully saturated rings. The molecule has 0 amide bonds. The Labute approximate surface area is 111 Å². The van der Waals surface area contributed by atoms with Crippen LogP contribution in [0.25, 0.3) is 0 Å². The van der Waals surface area contributed by atoms with Crippen LogP contribution in [0.5, 0.6) is 0 Å².